The van der Waals surface area contributed by atoms with E-state index in [9.17, 15) is 4.79 Å². The summed E-state index contributed by atoms with van der Waals surface area (Å²) in [7, 11) is 1.66. The number of anilines is 1. The van der Waals surface area contributed by atoms with Crippen molar-refractivity contribution in [1.29, 1.82) is 0 Å². The highest BCUT2D eigenvalue weighted by molar-refractivity contribution is 5.88. The Kier molecular flexibility index (Phi) is 4.15. The predicted octanol–water partition coefficient (Wildman–Crippen LogP) is 1.94. The first-order chi connectivity index (χ1) is 10.7. The van der Waals surface area contributed by atoms with Crippen LogP contribution in [0.3, 0.4) is 0 Å². The minimum absolute atomic E-state index is 0.114. The second-order valence-corrected chi connectivity index (χ2v) is 5.53. The minimum atomic E-state index is -0.114. The fraction of sp³-hybridized carbons (Fsp3) is 0.467. The first-order valence-corrected chi connectivity index (χ1v) is 7.41. The standard InChI is InChI=1S/C15H21N5O2/c1-12(11-22-2)20-7-5-14(17-20)16-15(21)19-9-8-18-6-3-4-13(18)10-19/h3-7,12H,8-11H2,1-2H3,(H,16,17,21). The van der Waals surface area contributed by atoms with Gasteiger partial charge in [0.15, 0.2) is 5.82 Å². The maximum atomic E-state index is 12.3. The second kappa shape index (κ2) is 6.23. The number of hydrogen-bond donors (Lipinski definition) is 1. The van der Waals surface area contributed by atoms with Crippen LogP contribution in [0.1, 0.15) is 18.7 Å². The summed E-state index contributed by atoms with van der Waals surface area (Å²) in [6.07, 6.45) is 3.89. The molecular weight excluding hydrogens is 282 g/mol. The smallest absolute Gasteiger partial charge is 0.323 e. The Balaban J connectivity index is 1.60. The Morgan fingerprint density at radius 2 is 2.27 bits per heavy atom. The van der Waals surface area contributed by atoms with Crippen LogP contribution < -0.4 is 5.32 Å². The van der Waals surface area contributed by atoms with Crippen molar-refractivity contribution < 1.29 is 9.53 Å². The largest absolute Gasteiger partial charge is 0.382 e. The summed E-state index contributed by atoms with van der Waals surface area (Å²) in [6.45, 7) is 4.75. The maximum Gasteiger partial charge on any atom is 0.323 e. The minimum Gasteiger partial charge on any atom is -0.382 e. The molecule has 1 atom stereocenters. The Bertz CT molecular complexity index is 648. The fourth-order valence-corrected chi connectivity index (χ4v) is 2.64. The van der Waals surface area contributed by atoms with Crippen LogP contribution in [0.25, 0.3) is 0 Å². The molecule has 0 spiro atoms. The number of fused-ring (bicyclic) bond motifs is 1. The molecule has 1 aliphatic rings. The van der Waals surface area contributed by atoms with Gasteiger partial charge in [-0.05, 0) is 19.1 Å². The van der Waals surface area contributed by atoms with Crippen molar-refractivity contribution in [2.75, 3.05) is 25.6 Å². The van der Waals surface area contributed by atoms with Crippen molar-refractivity contribution in [3.05, 3.63) is 36.3 Å². The average molecular weight is 303 g/mol. The number of hydrogen-bond acceptors (Lipinski definition) is 3. The van der Waals surface area contributed by atoms with Crippen LogP contribution in [0.4, 0.5) is 10.6 Å². The van der Waals surface area contributed by atoms with Crippen LogP contribution in [0.2, 0.25) is 0 Å². The van der Waals surface area contributed by atoms with Crippen molar-refractivity contribution in [2.45, 2.75) is 26.1 Å². The Morgan fingerprint density at radius 1 is 1.41 bits per heavy atom. The normalized spacial score (nSPS) is 15.5. The van der Waals surface area contributed by atoms with Crippen molar-refractivity contribution >= 4 is 11.8 Å². The highest BCUT2D eigenvalue weighted by Gasteiger charge is 2.20. The Labute approximate surface area is 129 Å². The molecule has 2 aromatic heterocycles. The van der Waals surface area contributed by atoms with E-state index < -0.39 is 0 Å². The predicted molar refractivity (Wildman–Crippen MR) is 82.7 cm³/mol. The van der Waals surface area contributed by atoms with Gasteiger partial charge >= 0.3 is 6.03 Å². The van der Waals surface area contributed by atoms with Crippen LogP contribution in [-0.2, 0) is 17.8 Å². The van der Waals surface area contributed by atoms with Gasteiger partial charge in [0.25, 0.3) is 0 Å². The molecule has 0 bridgehead atoms. The summed E-state index contributed by atoms with van der Waals surface area (Å²) >= 11 is 0. The van der Waals surface area contributed by atoms with Crippen LogP contribution in [0.15, 0.2) is 30.6 Å². The van der Waals surface area contributed by atoms with E-state index in [4.69, 9.17) is 4.74 Å². The summed E-state index contributed by atoms with van der Waals surface area (Å²) in [5.41, 5.74) is 1.15. The number of amides is 2. The summed E-state index contributed by atoms with van der Waals surface area (Å²) in [4.78, 5) is 14.1. The SMILES string of the molecule is COCC(C)n1ccc(NC(=O)N2CCn3cccc3C2)n1. The molecular formula is C15H21N5O2. The number of nitrogens with zero attached hydrogens (tertiary/aromatic N) is 4. The molecule has 7 nitrogen and oxygen atoms in total. The lowest BCUT2D eigenvalue weighted by atomic mass is 10.3. The summed E-state index contributed by atoms with van der Waals surface area (Å²) in [6, 6.07) is 5.87. The summed E-state index contributed by atoms with van der Waals surface area (Å²) in [5.74, 6) is 0.564. The lowest BCUT2D eigenvalue weighted by Gasteiger charge is -2.28. The third-order valence-corrected chi connectivity index (χ3v) is 3.88. The molecule has 22 heavy (non-hydrogen) atoms. The number of ether oxygens (including phenoxy) is 1. The molecule has 0 fully saturated rings. The van der Waals surface area contributed by atoms with Gasteiger partial charge in [-0.3, -0.25) is 10.00 Å². The van der Waals surface area contributed by atoms with Crippen molar-refractivity contribution in [1.82, 2.24) is 19.2 Å². The van der Waals surface area contributed by atoms with Gasteiger partial charge in [0, 0.05) is 44.4 Å². The van der Waals surface area contributed by atoms with Crippen molar-refractivity contribution in [2.24, 2.45) is 0 Å². The van der Waals surface area contributed by atoms with E-state index >= 15 is 0 Å². The molecule has 1 N–H and O–H groups in total. The van der Waals surface area contributed by atoms with Gasteiger partial charge in [-0.15, -0.1) is 0 Å². The van der Waals surface area contributed by atoms with Crippen LogP contribution in [0, 0.1) is 0 Å². The lowest BCUT2D eigenvalue weighted by Crippen LogP contribution is -2.40. The zero-order chi connectivity index (χ0) is 15.5. The molecule has 0 radical (unpaired) electrons. The van der Waals surface area contributed by atoms with Gasteiger partial charge in [0.1, 0.15) is 0 Å². The number of nitrogens with one attached hydrogen (secondary N) is 1. The van der Waals surface area contributed by atoms with Gasteiger partial charge in [0.2, 0.25) is 0 Å². The average Bonchev–Trinajstić information content (AvgIpc) is 3.15. The van der Waals surface area contributed by atoms with E-state index in [0.29, 0.717) is 25.5 Å². The molecule has 3 heterocycles. The number of carbonyl (C=O) groups is 1. The third kappa shape index (κ3) is 2.99. The molecule has 1 unspecified atom stereocenters. The number of aromatic nitrogens is 3. The molecule has 0 aromatic carbocycles. The molecule has 7 heteroatoms. The van der Waals surface area contributed by atoms with Gasteiger partial charge in [0.05, 0.1) is 19.2 Å². The third-order valence-electron chi connectivity index (χ3n) is 3.88. The molecule has 0 saturated heterocycles. The van der Waals surface area contributed by atoms with E-state index in [1.165, 1.54) is 0 Å². The Morgan fingerprint density at radius 3 is 3.09 bits per heavy atom. The molecule has 118 valence electrons. The van der Waals surface area contributed by atoms with E-state index in [0.717, 1.165) is 12.2 Å². The van der Waals surface area contributed by atoms with Gasteiger partial charge in [-0.1, -0.05) is 0 Å². The van der Waals surface area contributed by atoms with Gasteiger partial charge in [-0.25, -0.2) is 4.79 Å². The number of methoxy groups -OCH3 is 1. The first kappa shape index (κ1) is 14.6. The Hall–Kier alpha value is -2.28. The topological polar surface area (TPSA) is 64.3 Å². The second-order valence-electron chi connectivity index (χ2n) is 5.53. The van der Waals surface area contributed by atoms with Crippen LogP contribution in [-0.4, -0.2) is 45.5 Å². The molecule has 0 saturated carbocycles. The fourth-order valence-electron chi connectivity index (χ4n) is 2.64. The van der Waals surface area contributed by atoms with Gasteiger partial charge < -0.3 is 14.2 Å². The van der Waals surface area contributed by atoms with E-state index in [1.807, 2.05) is 31.5 Å². The quantitative estimate of drug-likeness (QED) is 0.939. The molecule has 2 aromatic rings. The summed E-state index contributed by atoms with van der Waals surface area (Å²) in [5, 5.41) is 7.23. The monoisotopic (exact) mass is 303 g/mol. The first-order valence-electron chi connectivity index (χ1n) is 7.41. The molecule has 2 amide bonds. The molecule has 1 aliphatic heterocycles. The zero-order valence-electron chi connectivity index (χ0n) is 12.9. The number of carbonyl (C=O) groups excluding carboxylic acids is 1. The van der Waals surface area contributed by atoms with E-state index in [1.54, 1.807) is 22.8 Å². The lowest BCUT2D eigenvalue weighted by molar-refractivity contribution is 0.157. The van der Waals surface area contributed by atoms with E-state index in [2.05, 4.69) is 15.0 Å². The maximum absolute atomic E-state index is 12.3. The van der Waals surface area contributed by atoms with Crippen molar-refractivity contribution in [3.8, 4) is 0 Å². The molecule has 0 aliphatic carbocycles. The van der Waals surface area contributed by atoms with Crippen molar-refractivity contribution in [3.63, 3.8) is 0 Å². The molecule has 3 rings (SSSR count). The number of urea groups is 1. The van der Waals surface area contributed by atoms with Crippen LogP contribution in [0.5, 0.6) is 0 Å². The highest BCUT2D eigenvalue weighted by Crippen LogP contribution is 2.15. The summed E-state index contributed by atoms with van der Waals surface area (Å²) < 4.78 is 9.07. The highest BCUT2D eigenvalue weighted by atomic mass is 16.5. The van der Waals surface area contributed by atoms with E-state index in [-0.39, 0.29) is 12.1 Å². The van der Waals surface area contributed by atoms with Crippen LogP contribution >= 0.6 is 0 Å². The van der Waals surface area contributed by atoms with Gasteiger partial charge in [-0.2, -0.15) is 5.10 Å². The number of rotatable bonds is 4. The zero-order valence-corrected chi connectivity index (χ0v) is 12.9.